The Hall–Kier alpha value is -1.16. The van der Waals surface area contributed by atoms with Gasteiger partial charge in [-0.1, -0.05) is 0 Å². The number of hydrogen-bond donors (Lipinski definition) is 1. The number of hydrogen-bond acceptors (Lipinski definition) is 3. The average Bonchev–Trinajstić information content (AvgIpc) is 1.85. The van der Waals surface area contributed by atoms with Crippen molar-refractivity contribution in [1.82, 2.24) is 9.97 Å². The smallest absolute Gasteiger partial charge is 0.263 e. The SMILES string of the molecule is Cc1ncc(C(=O)Cl)c(=O)[nH]1. The van der Waals surface area contributed by atoms with Crippen molar-refractivity contribution in [3.63, 3.8) is 0 Å². The molecule has 0 radical (unpaired) electrons. The van der Waals surface area contributed by atoms with Gasteiger partial charge >= 0.3 is 0 Å². The summed E-state index contributed by atoms with van der Waals surface area (Å²) in [5.41, 5.74) is -0.630. The summed E-state index contributed by atoms with van der Waals surface area (Å²) in [6, 6.07) is 0. The summed E-state index contributed by atoms with van der Waals surface area (Å²) in [5, 5.41) is -0.793. The standard InChI is InChI=1S/C6H5ClN2O2/c1-3-8-2-4(5(7)10)6(11)9-3/h2H,1H3,(H,8,9,11). The van der Waals surface area contributed by atoms with Gasteiger partial charge in [0.1, 0.15) is 11.4 Å². The van der Waals surface area contributed by atoms with Crippen LogP contribution in [0.15, 0.2) is 11.0 Å². The van der Waals surface area contributed by atoms with Gasteiger partial charge in [-0.25, -0.2) is 4.98 Å². The highest BCUT2D eigenvalue weighted by Crippen LogP contribution is 1.93. The third-order valence-electron chi connectivity index (χ3n) is 1.14. The number of aromatic nitrogens is 2. The number of nitrogens with zero attached hydrogens (tertiary/aromatic N) is 1. The quantitative estimate of drug-likeness (QED) is 0.626. The summed E-state index contributed by atoms with van der Waals surface area (Å²) in [5.74, 6) is 0.455. The molecular formula is C6H5ClN2O2. The number of carbonyl (C=O) groups is 1. The third-order valence-corrected chi connectivity index (χ3v) is 1.34. The maximum atomic E-state index is 10.9. The fourth-order valence-corrected chi connectivity index (χ4v) is 0.759. The normalized spacial score (nSPS) is 9.64. The van der Waals surface area contributed by atoms with Gasteiger partial charge in [-0.2, -0.15) is 0 Å². The molecule has 1 heterocycles. The highest BCUT2D eigenvalue weighted by atomic mass is 35.5. The topological polar surface area (TPSA) is 62.8 Å². The number of carbonyl (C=O) groups excluding carboxylic acids is 1. The molecule has 1 N–H and O–H groups in total. The number of aryl methyl sites for hydroxylation is 1. The van der Waals surface area contributed by atoms with Gasteiger partial charge in [0, 0.05) is 6.20 Å². The molecule has 4 nitrogen and oxygen atoms in total. The van der Waals surface area contributed by atoms with Crippen LogP contribution in [0.5, 0.6) is 0 Å². The van der Waals surface area contributed by atoms with E-state index in [1.54, 1.807) is 6.92 Å². The molecule has 0 aliphatic rings. The minimum atomic E-state index is -0.793. The number of halogens is 1. The predicted molar refractivity (Wildman–Crippen MR) is 39.8 cm³/mol. The van der Waals surface area contributed by atoms with Crippen molar-refractivity contribution in [2.24, 2.45) is 0 Å². The molecule has 0 amide bonds. The molecule has 0 aromatic carbocycles. The van der Waals surface area contributed by atoms with Crippen molar-refractivity contribution in [3.8, 4) is 0 Å². The molecule has 0 aliphatic carbocycles. The van der Waals surface area contributed by atoms with Gasteiger partial charge in [0.15, 0.2) is 0 Å². The van der Waals surface area contributed by atoms with Crippen LogP contribution in [0.4, 0.5) is 0 Å². The van der Waals surface area contributed by atoms with E-state index in [-0.39, 0.29) is 5.56 Å². The lowest BCUT2D eigenvalue weighted by Crippen LogP contribution is -2.16. The maximum Gasteiger partial charge on any atom is 0.263 e. The molecule has 0 spiro atoms. The van der Waals surface area contributed by atoms with Crippen LogP contribution in [0, 0.1) is 6.92 Å². The molecule has 1 aromatic heterocycles. The molecule has 0 fully saturated rings. The summed E-state index contributed by atoms with van der Waals surface area (Å²) in [7, 11) is 0. The molecule has 0 bridgehead atoms. The van der Waals surface area contributed by atoms with Gasteiger partial charge in [0.2, 0.25) is 0 Å². The van der Waals surface area contributed by atoms with Crippen molar-refractivity contribution in [3.05, 3.63) is 27.9 Å². The van der Waals surface area contributed by atoms with Crippen LogP contribution in [0.25, 0.3) is 0 Å². The zero-order valence-electron chi connectivity index (χ0n) is 5.72. The molecule has 0 saturated carbocycles. The first-order chi connectivity index (χ1) is 5.11. The van der Waals surface area contributed by atoms with Crippen LogP contribution in [-0.2, 0) is 0 Å². The Morgan fingerprint density at radius 1 is 1.73 bits per heavy atom. The second-order valence-electron chi connectivity index (χ2n) is 1.99. The molecule has 58 valence electrons. The van der Waals surface area contributed by atoms with Crippen molar-refractivity contribution < 1.29 is 4.79 Å². The first-order valence-electron chi connectivity index (χ1n) is 2.87. The fourth-order valence-electron chi connectivity index (χ4n) is 0.624. The number of H-pyrrole nitrogens is 1. The summed E-state index contributed by atoms with van der Waals surface area (Å²) >= 11 is 5.06. The van der Waals surface area contributed by atoms with Crippen molar-refractivity contribution in [1.29, 1.82) is 0 Å². The Bertz CT molecular complexity index is 345. The predicted octanol–water partition coefficient (Wildman–Crippen LogP) is 0.457. The third kappa shape index (κ3) is 1.65. The van der Waals surface area contributed by atoms with Crippen molar-refractivity contribution in [2.75, 3.05) is 0 Å². The lowest BCUT2D eigenvalue weighted by molar-refractivity contribution is 0.107. The molecule has 5 heteroatoms. The van der Waals surface area contributed by atoms with E-state index < -0.39 is 10.8 Å². The number of aromatic amines is 1. The van der Waals surface area contributed by atoms with Crippen molar-refractivity contribution >= 4 is 16.8 Å². The summed E-state index contributed by atoms with van der Waals surface area (Å²) in [4.78, 5) is 27.4. The second-order valence-corrected chi connectivity index (χ2v) is 2.33. The number of nitrogens with one attached hydrogen (secondary N) is 1. The minimum Gasteiger partial charge on any atom is -0.310 e. The zero-order valence-corrected chi connectivity index (χ0v) is 6.47. The molecule has 0 saturated heterocycles. The molecular weight excluding hydrogens is 168 g/mol. The van der Waals surface area contributed by atoms with Crippen LogP contribution < -0.4 is 5.56 Å². The summed E-state index contributed by atoms with van der Waals surface area (Å²) < 4.78 is 0. The highest BCUT2D eigenvalue weighted by molar-refractivity contribution is 6.67. The Kier molecular flexibility index (Phi) is 2.05. The molecule has 1 rings (SSSR count). The van der Waals surface area contributed by atoms with E-state index in [4.69, 9.17) is 11.6 Å². The van der Waals surface area contributed by atoms with E-state index in [1.165, 1.54) is 0 Å². The van der Waals surface area contributed by atoms with Gasteiger partial charge in [-0.05, 0) is 18.5 Å². The van der Waals surface area contributed by atoms with Gasteiger partial charge < -0.3 is 4.98 Å². The molecule has 0 atom stereocenters. The Morgan fingerprint density at radius 2 is 2.36 bits per heavy atom. The first kappa shape index (κ1) is 7.94. The van der Waals surface area contributed by atoms with E-state index in [1.807, 2.05) is 0 Å². The maximum absolute atomic E-state index is 10.9. The Morgan fingerprint density at radius 3 is 2.82 bits per heavy atom. The molecule has 0 unspecified atom stereocenters. The molecule has 0 aliphatic heterocycles. The Labute approximate surface area is 67.2 Å². The van der Waals surface area contributed by atoms with E-state index in [0.717, 1.165) is 6.20 Å². The van der Waals surface area contributed by atoms with Crippen LogP contribution in [0.3, 0.4) is 0 Å². The van der Waals surface area contributed by atoms with Gasteiger partial charge in [-0.15, -0.1) is 0 Å². The minimum absolute atomic E-state index is 0.128. The monoisotopic (exact) mass is 172 g/mol. The number of rotatable bonds is 1. The molecule has 1 aromatic rings. The van der Waals surface area contributed by atoms with Crippen LogP contribution >= 0.6 is 11.6 Å². The van der Waals surface area contributed by atoms with E-state index in [9.17, 15) is 9.59 Å². The first-order valence-corrected chi connectivity index (χ1v) is 3.25. The van der Waals surface area contributed by atoms with E-state index in [2.05, 4.69) is 9.97 Å². The second kappa shape index (κ2) is 2.84. The highest BCUT2D eigenvalue weighted by Gasteiger charge is 2.06. The van der Waals surface area contributed by atoms with E-state index in [0.29, 0.717) is 5.82 Å². The molecule has 11 heavy (non-hydrogen) atoms. The summed E-state index contributed by atoms with van der Waals surface area (Å²) in [6.07, 6.45) is 1.16. The van der Waals surface area contributed by atoms with E-state index >= 15 is 0 Å². The van der Waals surface area contributed by atoms with Crippen LogP contribution in [0.1, 0.15) is 16.2 Å². The van der Waals surface area contributed by atoms with Gasteiger partial charge in [-0.3, -0.25) is 9.59 Å². The largest absolute Gasteiger partial charge is 0.310 e. The Balaban J connectivity index is 3.32. The zero-order chi connectivity index (χ0) is 8.43. The fraction of sp³-hybridized carbons (Fsp3) is 0.167. The average molecular weight is 173 g/mol. The summed E-state index contributed by atoms with van der Waals surface area (Å²) in [6.45, 7) is 1.61. The van der Waals surface area contributed by atoms with Crippen molar-refractivity contribution in [2.45, 2.75) is 6.92 Å². The lowest BCUT2D eigenvalue weighted by Gasteiger charge is -1.92. The van der Waals surface area contributed by atoms with Gasteiger partial charge in [0.25, 0.3) is 10.8 Å². The van der Waals surface area contributed by atoms with Crippen LogP contribution in [-0.4, -0.2) is 15.2 Å². The van der Waals surface area contributed by atoms with Gasteiger partial charge in [0.05, 0.1) is 0 Å². The lowest BCUT2D eigenvalue weighted by atomic mass is 10.4. The van der Waals surface area contributed by atoms with Crippen LogP contribution in [0.2, 0.25) is 0 Å².